The Morgan fingerprint density at radius 2 is 1.17 bits per heavy atom. The molecule has 0 aromatic carbocycles. The van der Waals surface area contributed by atoms with Crippen molar-refractivity contribution >= 4 is 66.0 Å². The fourth-order valence-corrected chi connectivity index (χ4v) is 6.32. The van der Waals surface area contributed by atoms with Crippen molar-refractivity contribution in [3.05, 3.63) is 0 Å². The molecule has 0 radical (unpaired) electrons. The Kier molecular flexibility index (Phi) is 21.2. The maximum Gasteiger partial charge on any atom is 0.327 e. The lowest BCUT2D eigenvalue weighted by Crippen LogP contribution is -2.61. The lowest BCUT2D eigenvalue weighted by Gasteiger charge is -2.31. The highest BCUT2D eigenvalue weighted by Crippen LogP contribution is 2.27. The van der Waals surface area contributed by atoms with Crippen LogP contribution in [0.2, 0.25) is 0 Å². The number of hydrogen-bond donors (Lipinski definition) is 10. The molecule has 0 heterocycles. The van der Waals surface area contributed by atoms with Gasteiger partial charge in [-0.15, -0.1) is 0 Å². The van der Waals surface area contributed by atoms with E-state index in [1.165, 1.54) is 0 Å². The van der Waals surface area contributed by atoms with Crippen molar-refractivity contribution in [2.75, 3.05) is 5.75 Å². The maximum absolute atomic E-state index is 13.9. The number of amides is 6. The van der Waals surface area contributed by atoms with Gasteiger partial charge in [-0.2, -0.15) is 12.6 Å². The Labute approximate surface area is 320 Å². The van der Waals surface area contributed by atoms with E-state index >= 15 is 0 Å². The highest BCUT2D eigenvalue weighted by atomic mass is 32.1. The molecule has 54 heavy (non-hydrogen) atoms. The van der Waals surface area contributed by atoms with Crippen molar-refractivity contribution < 1.29 is 58.5 Å². The van der Waals surface area contributed by atoms with Crippen molar-refractivity contribution in [3.63, 3.8) is 0 Å². The quantitative estimate of drug-likeness (QED) is 0.0593. The Hall–Kier alpha value is -4.42. The van der Waals surface area contributed by atoms with E-state index in [4.69, 9.17) is 0 Å². The van der Waals surface area contributed by atoms with Crippen molar-refractivity contribution in [3.8, 4) is 0 Å². The average molecular weight is 787 g/mol. The summed E-state index contributed by atoms with van der Waals surface area (Å²) in [6.07, 6.45) is 3.47. The summed E-state index contributed by atoms with van der Waals surface area (Å²) in [7, 11) is 0. The second-order valence-electron chi connectivity index (χ2n) is 14.3. The van der Waals surface area contributed by atoms with E-state index in [0.717, 1.165) is 39.0 Å². The van der Waals surface area contributed by atoms with Crippen molar-refractivity contribution in [2.45, 2.75) is 141 Å². The first-order valence-corrected chi connectivity index (χ1v) is 19.0. The Morgan fingerprint density at radius 1 is 0.648 bits per heavy atom. The summed E-state index contributed by atoms with van der Waals surface area (Å²) in [5.41, 5.74) is 0. The molecule has 18 nitrogen and oxygen atoms in total. The molecule has 9 N–H and O–H groups in total. The minimum absolute atomic E-state index is 0.0482. The Bertz CT molecular complexity index is 1330. The van der Waals surface area contributed by atoms with Crippen LogP contribution in [0, 0.1) is 17.8 Å². The molecule has 0 saturated heterocycles. The standard InChI is InChI=1S/C35H58N6O12S/c1-6-19(4)29(34(51)39-24(15-21-10-8-7-9-11-21)31(48)40-26(17-54)35(52)53)41-33(50)23(14-18(2)3)38-30(47)22(12-13-27(43)44)37-32(49)25(16-28(45)46)36-20(5)42/h18-19,21-26,29,54H,6-17H2,1-5H3,(H,36,42)(H,37,49)(H,38,47)(H,39,51)(H,40,48)(H,41,50)(H,43,44)(H,45,46)(H,52,53)/t19-,22-,23+,24+,25+,26+,29+/m1/s1. The zero-order chi connectivity index (χ0) is 41.1. The largest absolute Gasteiger partial charge is 0.481 e. The summed E-state index contributed by atoms with van der Waals surface area (Å²) in [5, 5.41) is 42.8. The van der Waals surface area contributed by atoms with Crippen LogP contribution in [-0.2, 0) is 43.2 Å². The number of carboxylic acids is 3. The predicted octanol–water partition coefficient (Wildman–Crippen LogP) is 0.332. The Morgan fingerprint density at radius 3 is 1.67 bits per heavy atom. The molecule has 1 saturated carbocycles. The fourth-order valence-electron chi connectivity index (χ4n) is 6.08. The smallest absolute Gasteiger partial charge is 0.327 e. The fraction of sp³-hybridized carbons (Fsp3) is 0.743. The van der Waals surface area contributed by atoms with Crippen molar-refractivity contribution in [1.29, 1.82) is 0 Å². The topological polar surface area (TPSA) is 286 Å². The molecular weight excluding hydrogens is 728 g/mol. The van der Waals surface area contributed by atoms with Crippen molar-refractivity contribution in [1.82, 2.24) is 31.9 Å². The van der Waals surface area contributed by atoms with Crippen LogP contribution in [0.25, 0.3) is 0 Å². The zero-order valence-corrected chi connectivity index (χ0v) is 32.5. The van der Waals surface area contributed by atoms with Gasteiger partial charge in [0.05, 0.1) is 6.42 Å². The third kappa shape index (κ3) is 17.6. The summed E-state index contributed by atoms with van der Waals surface area (Å²) in [6.45, 7) is 8.08. The predicted molar refractivity (Wildman–Crippen MR) is 198 cm³/mol. The van der Waals surface area contributed by atoms with Gasteiger partial charge < -0.3 is 47.2 Å². The third-order valence-electron chi connectivity index (χ3n) is 9.21. The molecule has 1 aliphatic carbocycles. The van der Waals surface area contributed by atoms with Gasteiger partial charge in [-0.05, 0) is 37.0 Å². The van der Waals surface area contributed by atoms with E-state index in [0.29, 0.717) is 6.42 Å². The first-order valence-electron chi connectivity index (χ1n) is 18.4. The lowest BCUT2D eigenvalue weighted by atomic mass is 9.84. The monoisotopic (exact) mass is 786 g/mol. The van der Waals surface area contributed by atoms with Crippen LogP contribution in [-0.4, -0.2) is 111 Å². The molecule has 0 aliphatic heterocycles. The summed E-state index contributed by atoms with van der Waals surface area (Å²) >= 11 is 4.01. The number of nitrogens with one attached hydrogen (secondary N) is 6. The van der Waals surface area contributed by atoms with Crippen molar-refractivity contribution in [2.24, 2.45) is 17.8 Å². The van der Waals surface area contributed by atoms with E-state index in [9.17, 15) is 58.5 Å². The number of rotatable bonds is 24. The Balaban J connectivity index is 3.34. The van der Waals surface area contributed by atoms with Crippen LogP contribution < -0.4 is 31.9 Å². The molecule has 0 aromatic rings. The molecular formula is C35H58N6O12S. The summed E-state index contributed by atoms with van der Waals surface area (Å²) in [4.78, 5) is 114. The van der Waals surface area contributed by atoms with E-state index in [-0.39, 0.29) is 30.4 Å². The number of carbonyl (C=O) groups excluding carboxylic acids is 6. The van der Waals surface area contributed by atoms with Crippen LogP contribution in [0.15, 0.2) is 0 Å². The average Bonchev–Trinajstić information content (AvgIpc) is 3.09. The molecule has 0 unspecified atom stereocenters. The third-order valence-corrected chi connectivity index (χ3v) is 9.57. The highest BCUT2D eigenvalue weighted by molar-refractivity contribution is 7.80. The summed E-state index contributed by atoms with van der Waals surface area (Å²) < 4.78 is 0. The van der Waals surface area contributed by atoms with Gasteiger partial charge in [0.1, 0.15) is 36.3 Å². The van der Waals surface area contributed by atoms with Crippen LogP contribution in [0.4, 0.5) is 0 Å². The van der Waals surface area contributed by atoms with Gasteiger partial charge in [-0.25, -0.2) is 4.79 Å². The first-order chi connectivity index (χ1) is 25.3. The molecule has 0 spiro atoms. The number of thiol groups is 1. The van der Waals surface area contributed by atoms with Crippen LogP contribution in [0.5, 0.6) is 0 Å². The lowest BCUT2D eigenvalue weighted by molar-refractivity contribution is -0.142. The first kappa shape index (κ1) is 47.6. The zero-order valence-electron chi connectivity index (χ0n) is 31.6. The molecule has 7 atom stereocenters. The summed E-state index contributed by atoms with van der Waals surface area (Å²) in [5.74, 6) is -9.70. The second kappa shape index (κ2) is 24.1. The second-order valence-corrected chi connectivity index (χ2v) is 14.7. The minimum atomic E-state index is -1.58. The molecule has 19 heteroatoms. The minimum Gasteiger partial charge on any atom is -0.481 e. The molecule has 0 bridgehead atoms. The molecule has 0 aromatic heterocycles. The molecule has 1 fully saturated rings. The molecule has 306 valence electrons. The SMILES string of the molecule is CC[C@@H](C)[C@H](NC(=O)[C@H](CC(C)C)NC(=O)[C@@H](CCC(=O)O)NC(=O)[C@H](CC(=O)O)NC(C)=O)C(=O)N[C@@H](CC1CCCCC1)C(=O)N[C@@H](CS)C(=O)O. The molecule has 6 amide bonds. The van der Waals surface area contributed by atoms with E-state index in [1.807, 2.05) is 0 Å². The normalized spacial score (nSPS) is 16.9. The molecule has 1 aliphatic rings. The van der Waals surface area contributed by atoms with E-state index in [2.05, 4.69) is 44.5 Å². The van der Waals surface area contributed by atoms with Gasteiger partial charge in [0.25, 0.3) is 0 Å². The van der Waals surface area contributed by atoms with E-state index < -0.39 is 115 Å². The number of aliphatic carboxylic acids is 3. The number of carboxylic acid groups (broad SMARTS) is 3. The van der Waals surface area contributed by atoms with Gasteiger partial charge in [0.2, 0.25) is 35.4 Å². The van der Waals surface area contributed by atoms with Gasteiger partial charge in [0, 0.05) is 19.1 Å². The van der Waals surface area contributed by atoms with Crippen LogP contribution in [0.3, 0.4) is 0 Å². The molecule has 1 rings (SSSR count). The van der Waals surface area contributed by atoms with Crippen LogP contribution in [0.1, 0.15) is 105 Å². The van der Waals surface area contributed by atoms with Gasteiger partial charge in [-0.3, -0.25) is 38.4 Å². The van der Waals surface area contributed by atoms with Gasteiger partial charge in [0.15, 0.2) is 0 Å². The summed E-state index contributed by atoms with van der Waals surface area (Å²) in [6, 6.07) is -8.04. The number of hydrogen-bond acceptors (Lipinski definition) is 10. The van der Waals surface area contributed by atoms with Crippen LogP contribution >= 0.6 is 12.6 Å². The van der Waals surface area contributed by atoms with Gasteiger partial charge in [-0.1, -0.05) is 66.2 Å². The number of carbonyl (C=O) groups is 9. The van der Waals surface area contributed by atoms with E-state index in [1.54, 1.807) is 27.7 Å². The van der Waals surface area contributed by atoms with Gasteiger partial charge >= 0.3 is 17.9 Å². The highest BCUT2D eigenvalue weighted by Gasteiger charge is 2.36. The maximum atomic E-state index is 13.9.